The van der Waals surface area contributed by atoms with Crippen LogP contribution in [-0.4, -0.2) is 60.5 Å². The molecule has 1 aliphatic rings. The topological polar surface area (TPSA) is 66.7 Å². The van der Waals surface area contributed by atoms with Crippen LogP contribution in [0.15, 0.2) is 41.5 Å². The number of ether oxygens (including phenoxy) is 1. The van der Waals surface area contributed by atoms with Crippen LogP contribution in [0.2, 0.25) is 0 Å². The molecular weight excluding hydrogens is 467 g/mol. The molecule has 1 aliphatic heterocycles. The van der Waals surface area contributed by atoms with Crippen molar-refractivity contribution in [1.29, 1.82) is 0 Å². The predicted octanol–water partition coefficient (Wildman–Crippen LogP) is 2.65. The monoisotopic (exact) mass is 498 g/mol. The smallest absolute Gasteiger partial charge is 0.191 e. The zero-order chi connectivity index (χ0) is 19.1. The Balaban J connectivity index is 0.00000280. The number of nitrogens with one attached hydrogen (secondary N) is 2. The molecule has 0 spiro atoms. The van der Waals surface area contributed by atoms with Gasteiger partial charge in [0.05, 0.1) is 25.0 Å². The van der Waals surface area contributed by atoms with Crippen LogP contribution < -0.4 is 15.4 Å². The average Bonchev–Trinajstić information content (AvgIpc) is 3.37. The number of guanidine groups is 1. The van der Waals surface area contributed by atoms with E-state index in [1.165, 1.54) is 19.4 Å². The molecule has 28 heavy (non-hydrogen) atoms. The number of benzene rings is 1. The summed E-state index contributed by atoms with van der Waals surface area (Å²) in [7, 11) is 3.47. The molecule has 7 nitrogen and oxygen atoms in total. The first-order valence-corrected chi connectivity index (χ1v) is 9.61. The van der Waals surface area contributed by atoms with Crippen LogP contribution in [0.3, 0.4) is 0 Å². The molecule has 2 aromatic rings. The Morgan fingerprint density at radius 3 is 2.71 bits per heavy atom. The minimum Gasteiger partial charge on any atom is -0.497 e. The molecule has 0 saturated carbocycles. The van der Waals surface area contributed by atoms with Crippen molar-refractivity contribution in [2.24, 2.45) is 4.99 Å². The first-order chi connectivity index (χ1) is 13.2. The minimum atomic E-state index is 0. The Morgan fingerprint density at radius 2 is 2.04 bits per heavy atom. The van der Waals surface area contributed by atoms with E-state index in [1.807, 2.05) is 41.2 Å². The second kappa shape index (κ2) is 11.3. The van der Waals surface area contributed by atoms with Crippen LogP contribution in [0.5, 0.6) is 5.75 Å². The molecule has 2 heterocycles. The summed E-state index contributed by atoms with van der Waals surface area (Å²) in [4.78, 5) is 6.85. The summed E-state index contributed by atoms with van der Waals surface area (Å²) in [5, 5.41) is 11.4. The minimum absolute atomic E-state index is 0. The van der Waals surface area contributed by atoms with Gasteiger partial charge in [-0.1, -0.05) is 6.92 Å². The highest BCUT2D eigenvalue weighted by Crippen LogP contribution is 2.16. The van der Waals surface area contributed by atoms with E-state index in [0.29, 0.717) is 12.6 Å². The lowest BCUT2D eigenvalue weighted by Crippen LogP contribution is -2.44. The van der Waals surface area contributed by atoms with Crippen LogP contribution in [0.1, 0.15) is 25.5 Å². The molecular formula is C20H31IN6O. The highest BCUT2D eigenvalue weighted by molar-refractivity contribution is 14.0. The quantitative estimate of drug-likeness (QED) is 0.349. The Bertz CT molecular complexity index is 745. The molecule has 0 bridgehead atoms. The van der Waals surface area contributed by atoms with Crippen LogP contribution in [0, 0.1) is 0 Å². The Kier molecular flexibility index (Phi) is 9.04. The van der Waals surface area contributed by atoms with Gasteiger partial charge in [0.2, 0.25) is 0 Å². The molecule has 1 fully saturated rings. The van der Waals surface area contributed by atoms with E-state index in [1.54, 1.807) is 14.2 Å². The number of aromatic nitrogens is 2. The molecule has 1 aromatic carbocycles. The molecule has 1 atom stereocenters. The van der Waals surface area contributed by atoms with Crippen molar-refractivity contribution in [2.45, 2.75) is 32.4 Å². The fraction of sp³-hybridized carbons (Fsp3) is 0.500. The lowest BCUT2D eigenvalue weighted by molar-refractivity contribution is 0.267. The number of hydrogen-bond donors (Lipinski definition) is 2. The van der Waals surface area contributed by atoms with Crippen molar-refractivity contribution in [3.63, 3.8) is 0 Å². The molecule has 1 aromatic heterocycles. The zero-order valence-electron chi connectivity index (χ0n) is 16.9. The zero-order valence-corrected chi connectivity index (χ0v) is 19.2. The first-order valence-electron chi connectivity index (χ1n) is 9.61. The van der Waals surface area contributed by atoms with Crippen LogP contribution in [0.25, 0.3) is 5.69 Å². The Morgan fingerprint density at radius 1 is 1.25 bits per heavy atom. The normalized spacial score (nSPS) is 17.2. The van der Waals surface area contributed by atoms with Crippen molar-refractivity contribution in [1.82, 2.24) is 25.3 Å². The lowest BCUT2D eigenvalue weighted by atomic mass is 10.2. The van der Waals surface area contributed by atoms with E-state index in [2.05, 4.69) is 32.5 Å². The third-order valence-electron chi connectivity index (χ3n) is 5.05. The van der Waals surface area contributed by atoms with Gasteiger partial charge >= 0.3 is 0 Å². The fourth-order valence-electron chi connectivity index (χ4n) is 3.49. The van der Waals surface area contributed by atoms with Gasteiger partial charge in [0.1, 0.15) is 5.75 Å². The molecule has 2 N–H and O–H groups in total. The van der Waals surface area contributed by atoms with Crippen LogP contribution in [0.4, 0.5) is 0 Å². The number of nitrogens with zero attached hydrogens (tertiary/aromatic N) is 4. The van der Waals surface area contributed by atoms with E-state index in [-0.39, 0.29) is 24.0 Å². The van der Waals surface area contributed by atoms with Gasteiger partial charge in [-0.05, 0) is 56.3 Å². The van der Waals surface area contributed by atoms with Gasteiger partial charge in [-0.25, -0.2) is 4.68 Å². The third kappa shape index (κ3) is 5.84. The highest BCUT2D eigenvalue weighted by atomic mass is 127. The summed E-state index contributed by atoms with van der Waals surface area (Å²) in [6.07, 6.45) is 4.51. The summed E-state index contributed by atoms with van der Waals surface area (Å²) in [5.41, 5.74) is 1.97. The van der Waals surface area contributed by atoms with Crippen molar-refractivity contribution >= 4 is 29.9 Å². The molecule has 1 unspecified atom stereocenters. The molecule has 8 heteroatoms. The standard InChI is InChI=1S/C20H30N6O.HI/c1-4-25-12-5-6-18(25)15-23-20(21-2)22-14-16-11-13-26(24-16)17-7-9-19(27-3)10-8-17;/h7-11,13,18H,4-6,12,14-15H2,1-3H3,(H2,21,22,23);1H. The largest absolute Gasteiger partial charge is 0.497 e. The van der Waals surface area contributed by atoms with Crippen LogP contribution >= 0.6 is 24.0 Å². The Labute approximate surface area is 184 Å². The van der Waals surface area contributed by atoms with E-state index in [4.69, 9.17) is 4.74 Å². The molecule has 0 aliphatic carbocycles. The predicted molar refractivity (Wildman–Crippen MR) is 124 cm³/mol. The molecule has 3 rings (SSSR count). The molecule has 0 radical (unpaired) electrons. The van der Waals surface area contributed by atoms with Crippen molar-refractivity contribution in [3.05, 3.63) is 42.2 Å². The molecule has 0 amide bonds. The number of methoxy groups -OCH3 is 1. The molecule has 154 valence electrons. The average molecular weight is 498 g/mol. The van der Waals surface area contributed by atoms with Crippen molar-refractivity contribution in [3.8, 4) is 11.4 Å². The summed E-state index contributed by atoms with van der Waals surface area (Å²) in [6, 6.07) is 10.5. The van der Waals surface area contributed by atoms with Gasteiger partial charge in [0, 0.05) is 25.8 Å². The summed E-state index contributed by atoms with van der Waals surface area (Å²) in [5.74, 6) is 1.66. The number of likely N-dealkylation sites (N-methyl/N-ethyl adjacent to an activating group) is 1. The summed E-state index contributed by atoms with van der Waals surface area (Å²) in [6.45, 7) is 6.10. The lowest BCUT2D eigenvalue weighted by Gasteiger charge is -2.23. The van der Waals surface area contributed by atoms with Gasteiger partial charge in [0.25, 0.3) is 0 Å². The van der Waals surface area contributed by atoms with E-state index >= 15 is 0 Å². The van der Waals surface area contributed by atoms with E-state index in [0.717, 1.165) is 36.2 Å². The van der Waals surface area contributed by atoms with Gasteiger partial charge < -0.3 is 15.4 Å². The van der Waals surface area contributed by atoms with Gasteiger partial charge in [-0.3, -0.25) is 9.89 Å². The number of rotatable bonds is 7. The number of hydrogen-bond acceptors (Lipinski definition) is 4. The number of likely N-dealkylation sites (tertiary alicyclic amines) is 1. The van der Waals surface area contributed by atoms with E-state index in [9.17, 15) is 0 Å². The van der Waals surface area contributed by atoms with Gasteiger partial charge in [-0.2, -0.15) is 5.10 Å². The van der Waals surface area contributed by atoms with Gasteiger partial charge in [-0.15, -0.1) is 24.0 Å². The fourth-order valence-corrected chi connectivity index (χ4v) is 3.49. The Hall–Kier alpha value is -1.81. The SMILES string of the molecule is CCN1CCCC1CNC(=NC)NCc1ccn(-c2ccc(OC)cc2)n1.I. The third-order valence-corrected chi connectivity index (χ3v) is 5.05. The summed E-state index contributed by atoms with van der Waals surface area (Å²) >= 11 is 0. The van der Waals surface area contributed by atoms with Gasteiger partial charge in [0.15, 0.2) is 5.96 Å². The summed E-state index contributed by atoms with van der Waals surface area (Å²) < 4.78 is 7.06. The maximum atomic E-state index is 5.20. The van der Waals surface area contributed by atoms with E-state index < -0.39 is 0 Å². The van der Waals surface area contributed by atoms with Crippen molar-refractivity contribution in [2.75, 3.05) is 33.8 Å². The first kappa shape index (κ1) is 22.5. The van der Waals surface area contributed by atoms with Crippen LogP contribution in [-0.2, 0) is 6.54 Å². The number of aliphatic imine (C=N–C) groups is 1. The van der Waals surface area contributed by atoms with Crippen molar-refractivity contribution < 1.29 is 4.74 Å². The second-order valence-corrected chi connectivity index (χ2v) is 6.68. The maximum absolute atomic E-state index is 5.20. The molecule has 1 saturated heterocycles. The highest BCUT2D eigenvalue weighted by Gasteiger charge is 2.22. The number of halogens is 1. The maximum Gasteiger partial charge on any atom is 0.191 e. The second-order valence-electron chi connectivity index (χ2n) is 6.68.